The summed E-state index contributed by atoms with van der Waals surface area (Å²) in [6.07, 6.45) is 1.78. The first-order valence-electron chi connectivity index (χ1n) is 5.65. The van der Waals surface area contributed by atoms with E-state index in [1.807, 2.05) is 0 Å². The topological polar surface area (TPSA) is 82.3 Å². The summed E-state index contributed by atoms with van der Waals surface area (Å²) in [7, 11) is 0. The fraction of sp³-hybridized carbons (Fsp3) is 0.0769. The minimum Gasteiger partial charge on any atom is -0.436 e. The van der Waals surface area contributed by atoms with Crippen LogP contribution in [0.15, 0.2) is 24.4 Å². The van der Waals surface area contributed by atoms with E-state index in [-0.39, 0.29) is 5.88 Å². The molecular formula is C13H8F2N2O4. The number of nitrogens with zero attached hydrogens (tertiary/aromatic N) is 2. The molecule has 2 aromatic rings. The summed E-state index contributed by atoms with van der Waals surface area (Å²) in [5, 5.41) is 10.5. The number of rotatable bonds is 4. The van der Waals surface area contributed by atoms with Crippen LogP contribution >= 0.6 is 0 Å². The highest BCUT2D eigenvalue weighted by atomic mass is 19.1. The second-order valence-electron chi connectivity index (χ2n) is 4.10. The molecule has 0 atom stereocenters. The van der Waals surface area contributed by atoms with Crippen molar-refractivity contribution in [2.24, 2.45) is 0 Å². The average molecular weight is 294 g/mol. The molecule has 0 N–H and O–H groups in total. The molecule has 0 aliphatic heterocycles. The number of hydrogen-bond acceptors (Lipinski definition) is 5. The van der Waals surface area contributed by atoms with Crippen LogP contribution in [0.1, 0.15) is 15.9 Å². The van der Waals surface area contributed by atoms with Crippen LogP contribution in [-0.4, -0.2) is 16.2 Å². The molecule has 0 radical (unpaired) electrons. The first-order chi connectivity index (χ1) is 9.92. The number of nitro benzene ring substituents is 1. The third-order valence-electron chi connectivity index (χ3n) is 2.59. The quantitative estimate of drug-likeness (QED) is 0.491. The number of benzene rings is 1. The molecule has 0 aliphatic carbocycles. The van der Waals surface area contributed by atoms with Gasteiger partial charge in [0, 0.05) is 23.4 Å². The predicted molar refractivity (Wildman–Crippen MR) is 67.4 cm³/mol. The lowest BCUT2D eigenvalue weighted by Crippen LogP contribution is -1.99. The third-order valence-corrected chi connectivity index (χ3v) is 2.59. The molecule has 0 aliphatic rings. The molecule has 2 rings (SSSR count). The number of aromatic nitrogens is 1. The molecule has 21 heavy (non-hydrogen) atoms. The van der Waals surface area contributed by atoms with Crippen LogP contribution in [0.3, 0.4) is 0 Å². The summed E-state index contributed by atoms with van der Waals surface area (Å²) in [6, 6.07) is 2.46. The predicted octanol–water partition coefficient (Wildman–Crippen LogP) is 3.18. The minimum atomic E-state index is -1.22. The van der Waals surface area contributed by atoms with Crippen LogP contribution in [0.5, 0.6) is 11.6 Å². The van der Waals surface area contributed by atoms with Gasteiger partial charge >= 0.3 is 5.69 Å². The normalized spacial score (nSPS) is 10.2. The minimum absolute atomic E-state index is 0.0345. The molecule has 1 heterocycles. The molecule has 6 nitrogen and oxygen atoms in total. The zero-order valence-corrected chi connectivity index (χ0v) is 10.7. The molecule has 0 unspecified atom stereocenters. The Bertz CT molecular complexity index is 734. The van der Waals surface area contributed by atoms with Gasteiger partial charge in [-0.15, -0.1) is 0 Å². The highest BCUT2D eigenvalue weighted by Gasteiger charge is 2.20. The maximum Gasteiger partial charge on any atom is 0.307 e. The van der Waals surface area contributed by atoms with Gasteiger partial charge in [-0.25, -0.2) is 9.37 Å². The standard InChI is InChI=1S/C13H8F2N2O4/c1-7-2-8(6-18)5-16-13(7)21-12-4-9(14)11(17(19)20)3-10(12)15/h2-6H,1H3. The van der Waals surface area contributed by atoms with Crippen LogP contribution in [0.4, 0.5) is 14.5 Å². The molecular weight excluding hydrogens is 286 g/mol. The van der Waals surface area contributed by atoms with E-state index in [2.05, 4.69) is 4.98 Å². The molecule has 108 valence electrons. The lowest BCUT2D eigenvalue weighted by Gasteiger charge is -2.08. The van der Waals surface area contributed by atoms with Crippen molar-refractivity contribution >= 4 is 12.0 Å². The number of halogens is 2. The maximum absolute atomic E-state index is 13.7. The first-order valence-corrected chi connectivity index (χ1v) is 5.65. The Morgan fingerprint density at radius 2 is 2.00 bits per heavy atom. The first kappa shape index (κ1) is 14.5. The monoisotopic (exact) mass is 294 g/mol. The van der Waals surface area contributed by atoms with E-state index in [1.165, 1.54) is 12.3 Å². The molecule has 1 aromatic heterocycles. The Labute approximate surface area is 117 Å². The van der Waals surface area contributed by atoms with E-state index in [1.54, 1.807) is 6.92 Å². The summed E-state index contributed by atoms with van der Waals surface area (Å²) >= 11 is 0. The lowest BCUT2D eigenvalue weighted by molar-refractivity contribution is -0.387. The van der Waals surface area contributed by atoms with Gasteiger partial charge in [0.1, 0.15) is 0 Å². The number of hydrogen-bond donors (Lipinski definition) is 0. The Hall–Kier alpha value is -2.90. The second-order valence-corrected chi connectivity index (χ2v) is 4.10. The largest absolute Gasteiger partial charge is 0.436 e. The molecule has 0 spiro atoms. The molecule has 0 amide bonds. The lowest BCUT2D eigenvalue weighted by atomic mass is 10.2. The highest BCUT2D eigenvalue weighted by molar-refractivity contribution is 5.74. The van der Waals surface area contributed by atoms with Gasteiger partial charge in [0.15, 0.2) is 17.9 Å². The van der Waals surface area contributed by atoms with Crippen molar-refractivity contribution in [2.75, 3.05) is 0 Å². The number of aryl methyl sites for hydroxylation is 1. The van der Waals surface area contributed by atoms with Crippen LogP contribution < -0.4 is 4.74 Å². The number of carbonyl (C=O) groups excluding carboxylic acids is 1. The molecule has 0 saturated carbocycles. The van der Waals surface area contributed by atoms with Crippen molar-refractivity contribution in [2.45, 2.75) is 6.92 Å². The van der Waals surface area contributed by atoms with E-state index in [0.717, 1.165) is 0 Å². The van der Waals surface area contributed by atoms with Crippen LogP contribution in [0.2, 0.25) is 0 Å². The van der Waals surface area contributed by atoms with Crippen LogP contribution in [0, 0.1) is 28.7 Å². The van der Waals surface area contributed by atoms with Gasteiger partial charge in [0.05, 0.1) is 11.0 Å². The van der Waals surface area contributed by atoms with E-state index in [4.69, 9.17) is 4.74 Å². The summed E-state index contributed by atoms with van der Waals surface area (Å²) < 4.78 is 32.2. The Morgan fingerprint density at radius 3 is 2.57 bits per heavy atom. The van der Waals surface area contributed by atoms with Crippen LogP contribution in [-0.2, 0) is 0 Å². The third kappa shape index (κ3) is 2.99. The smallest absolute Gasteiger partial charge is 0.307 e. The van der Waals surface area contributed by atoms with E-state index in [0.29, 0.717) is 29.5 Å². The van der Waals surface area contributed by atoms with Gasteiger partial charge in [0.25, 0.3) is 0 Å². The zero-order valence-electron chi connectivity index (χ0n) is 10.7. The highest BCUT2D eigenvalue weighted by Crippen LogP contribution is 2.30. The number of pyridine rings is 1. The Morgan fingerprint density at radius 1 is 1.29 bits per heavy atom. The summed E-state index contributed by atoms with van der Waals surface area (Å²) in [4.78, 5) is 23.8. The molecule has 1 aromatic carbocycles. The van der Waals surface area contributed by atoms with Gasteiger partial charge in [-0.2, -0.15) is 4.39 Å². The average Bonchev–Trinajstić information content (AvgIpc) is 2.44. The number of ether oxygens (including phenoxy) is 1. The van der Waals surface area contributed by atoms with Gasteiger partial charge in [-0.3, -0.25) is 14.9 Å². The van der Waals surface area contributed by atoms with E-state index >= 15 is 0 Å². The molecule has 0 bridgehead atoms. The number of nitro groups is 1. The van der Waals surface area contributed by atoms with Gasteiger partial charge in [-0.05, 0) is 13.0 Å². The van der Waals surface area contributed by atoms with Crippen molar-refractivity contribution < 1.29 is 23.2 Å². The zero-order chi connectivity index (χ0) is 15.6. The number of carbonyl (C=O) groups is 1. The van der Waals surface area contributed by atoms with Crippen molar-refractivity contribution in [1.82, 2.24) is 4.98 Å². The molecule has 0 saturated heterocycles. The molecule has 0 fully saturated rings. The summed E-state index contributed by atoms with van der Waals surface area (Å²) in [5.41, 5.74) is -0.256. The van der Waals surface area contributed by atoms with Crippen molar-refractivity contribution in [3.05, 3.63) is 57.3 Å². The van der Waals surface area contributed by atoms with Gasteiger partial charge < -0.3 is 4.74 Å². The van der Waals surface area contributed by atoms with Crippen molar-refractivity contribution in [1.29, 1.82) is 0 Å². The number of aldehydes is 1. The molecule has 8 heteroatoms. The Balaban J connectivity index is 2.38. The maximum atomic E-state index is 13.7. The Kier molecular flexibility index (Phi) is 3.88. The van der Waals surface area contributed by atoms with Crippen molar-refractivity contribution in [3.63, 3.8) is 0 Å². The van der Waals surface area contributed by atoms with E-state index in [9.17, 15) is 23.7 Å². The second kappa shape index (κ2) is 5.61. The van der Waals surface area contributed by atoms with Crippen molar-refractivity contribution in [3.8, 4) is 11.6 Å². The SMILES string of the molecule is Cc1cc(C=O)cnc1Oc1cc(F)c([N+](=O)[O-])cc1F. The van der Waals surface area contributed by atoms with Gasteiger partial charge in [-0.1, -0.05) is 0 Å². The fourth-order valence-corrected chi connectivity index (χ4v) is 1.60. The van der Waals surface area contributed by atoms with E-state index < -0.39 is 28.0 Å². The summed E-state index contributed by atoms with van der Waals surface area (Å²) in [6.45, 7) is 1.56. The fourth-order valence-electron chi connectivity index (χ4n) is 1.60. The summed E-state index contributed by atoms with van der Waals surface area (Å²) in [5.74, 6) is -2.89. The van der Waals surface area contributed by atoms with Crippen LogP contribution in [0.25, 0.3) is 0 Å². The van der Waals surface area contributed by atoms with Gasteiger partial charge in [0.2, 0.25) is 11.7 Å².